The molecule has 2 heterocycles. The van der Waals surface area contributed by atoms with Gasteiger partial charge in [0.1, 0.15) is 12.2 Å². The van der Waals surface area contributed by atoms with Crippen LogP contribution in [-0.2, 0) is 11.2 Å². The Balaban J connectivity index is 1.46. The SMILES string of the molecule is CCc1cccnc1C(=O)Nc1ccc(C2=NCC(=O)Nc3c2ccc2ccccc32)cc1. The number of amides is 2. The highest BCUT2D eigenvalue weighted by Crippen LogP contribution is 2.31. The number of aryl methyl sites for hydroxylation is 1. The quantitative estimate of drug-likeness (QED) is 0.482. The highest BCUT2D eigenvalue weighted by molar-refractivity contribution is 6.23. The molecule has 3 aromatic carbocycles. The van der Waals surface area contributed by atoms with Crippen molar-refractivity contribution in [3.05, 3.63) is 101 Å². The number of carbonyl (C=O) groups is 2. The van der Waals surface area contributed by atoms with Crippen molar-refractivity contribution in [2.45, 2.75) is 13.3 Å². The summed E-state index contributed by atoms with van der Waals surface area (Å²) in [4.78, 5) is 33.9. The summed E-state index contributed by atoms with van der Waals surface area (Å²) in [6.07, 6.45) is 2.36. The third-order valence-corrected chi connectivity index (χ3v) is 5.73. The summed E-state index contributed by atoms with van der Waals surface area (Å²) in [5, 5.41) is 7.96. The molecule has 6 nitrogen and oxygen atoms in total. The molecule has 33 heavy (non-hydrogen) atoms. The topological polar surface area (TPSA) is 83.5 Å². The fourth-order valence-corrected chi connectivity index (χ4v) is 4.10. The molecule has 4 aromatic rings. The van der Waals surface area contributed by atoms with Crippen LogP contribution in [0.2, 0.25) is 0 Å². The van der Waals surface area contributed by atoms with Gasteiger partial charge < -0.3 is 10.6 Å². The van der Waals surface area contributed by atoms with Gasteiger partial charge in [-0.2, -0.15) is 0 Å². The van der Waals surface area contributed by atoms with Crippen LogP contribution in [0.15, 0.2) is 84.0 Å². The molecular weight excluding hydrogens is 412 g/mol. The number of fused-ring (bicyclic) bond motifs is 3. The first kappa shape index (κ1) is 20.6. The van der Waals surface area contributed by atoms with Crippen molar-refractivity contribution in [2.24, 2.45) is 4.99 Å². The Hall–Kier alpha value is -4.32. The molecule has 0 fully saturated rings. The number of anilines is 2. The Morgan fingerprint density at radius 1 is 1.00 bits per heavy atom. The smallest absolute Gasteiger partial charge is 0.274 e. The van der Waals surface area contributed by atoms with E-state index in [9.17, 15) is 9.59 Å². The van der Waals surface area contributed by atoms with E-state index >= 15 is 0 Å². The molecule has 0 saturated carbocycles. The number of hydrogen-bond donors (Lipinski definition) is 2. The average molecular weight is 434 g/mol. The van der Waals surface area contributed by atoms with E-state index < -0.39 is 0 Å². The molecule has 6 heteroatoms. The maximum atomic E-state index is 12.7. The van der Waals surface area contributed by atoms with Crippen molar-refractivity contribution in [1.29, 1.82) is 0 Å². The first-order valence-electron chi connectivity index (χ1n) is 10.9. The van der Waals surface area contributed by atoms with Crippen LogP contribution in [0.4, 0.5) is 11.4 Å². The van der Waals surface area contributed by atoms with E-state index in [0.717, 1.165) is 45.3 Å². The number of aromatic nitrogens is 1. The van der Waals surface area contributed by atoms with E-state index in [0.29, 0.717) is 11.4 Å². The average Bonchev–Trinajstić information content (AvgIpc) is 3.03. The zero-order valence-electron chi connectivity index (χ0n) is 18.1. The highest BCUT2D eigenvalue weighted by Gasteiger charge is 2.20. The van der Waals surface area contributed by atoms with Gasteiger partial charge in [-0.25, -0.2) is 0 Å². The zero-order chi connectivity index (χ0) is 22.8. The predicted molar refractivity (Wildman–Crippen MR) is 131 cm³/mol. The fraction of sp³-hybridized carbons (Fsp3) is 0.111. The molecule has 0 saturated heterocycles. The van der Waals surface area contributed by atoms with Crippen molar-refractivity contribution in [3.8, 4) is 0 Å². The van der Waals surface area contributed by atoms with Gasteiger partial charge in [0.25, 0.3) is 5.91 Å². The van der Waals surface area contributed by atoms with Crippen molar-refractivity contribution in [1.82, 2.24) is 4.98 Å². The van der Waals surface area contributed by atoms with Crippen molar-refractivity contribution in [2.75, 3.05) is 17.2 Å². The van der Waals surface area contributed by atoms with Gasteiger partial charge >= 0.3 is 0 Å². The second-order valence-electron chi connectivity index (χ2n) is 7.82. The van der Waals surface area contributed by atoms with Crippen molar-refractivity contribution < 1.29 is 9.59 Å². The third kappa shape index (κ3) is 3.99. The minimum Gasteiger partial charge on any atom is -0.323 e. The lowest BCUT2D eigenvalue weighted by molar-refractivity contribution is -0.114. The van der Waals surface area contributed by atoms with Gasteiger partial charge in [0, 0.05) is 28.4 Å². The summed E-state index contributed by atoms with van der Waals surface area (Å²) in [6, 6.07) is 23.2. The second-order valence-corrected chi connectivity index (χ2v) is 7.82. The molecule has 2 N–H and O–H groups in total. The Morgan fingerprint density at radius 2 is 1.82 bits per heavy atom. The normalized spacial score (nSPS) is 13.0. The van der Waals surface area contributed by atoms with Gasteiger partial charge in [0.15, 0.2) is 0 Å². The number of rotatable bonds is 4. The van der Waals surface area contributed by atoms with Gasteiger partial charge in [-0.05, 0) is 35.6 Å². The molecule has 0 radical (unpaired) electrons. The van der Waals surface area contributed by atoms with E-state index in [1.807, 2.05) is 79.7 Å². The van der Waals surface area contributed by atoms with E-state index in [-0.39, 0.29) is 18.4 Å². The van der Waals surface area contributed by atoms with Gasteiger partial charge in [0.2, 0.25) is 5.91 Å². The molecule has 0 atom stereocenters. The summed E-state index contributed by atoms with van der Waals surface area (Å²) < 4.78 is 0. The summed E-state index contributed by atoms with van der Waals surface area (Å²) in [5.74, 6) is -0.382. The van der Waals surface area contributed by atoms with Gasteiger partial charge in [-0.1, -0.05) is 61.5 Å². The monoisotopic (exact) mass is 434 g/mol. The molecule has 1 aliphatic heterocycles. The number of benzene rings is 3. The highest BCUT2D eigenvalue weighted by atomic mass is 16.2. The molecule has 0 aliphatic carbocycles. The Kier molecular flexibility index (Phi) is 5.40. The molecule has 0 bridgehead atoms. The van der Waals surface area contributed by atoms with Crippen molar-refractivity contribution in [3.63, 3.8) is 0 Å². The third-order valence-electron chi connectivity index (χ3n) is 5.73. The standard InChI is InChI=1S/C27H22N4O2/c1-2-17-7-5-15-28-25(17)27(33)30-20-12-9-19(10-13-20)24-22-14-11-18-6-3-4-8-21(18)26(22)31-23(32)16-29-24/h3-15H,2,16H2,1H3,(H,30,33)(H,31,32). The molecule has 2 amide bonds. The van der Waals surface area contributed by atoms with Crippen LogP contribution >= 0.6 is 0 Å². The summed E-state index contributed by atoms with van der Waals surface area (Å²) >= 11 is 0. The molecule has 1 aliphatic rings. The summed E-state index contributed by atoms with van der Waals surface area (Å²) in [5.41, 5.74) is 5.26. The van der Waals surface area contributed by atoms with Crippen LogP contribution in [0, 0.1) is 0 Å². The number of nitrogens with zero attached hydrogens (tertiary/aromatic N) is 2. The van der Waals surface area contributed by atoms with Crippen molar-refractivity contribution >= 4 is 39.7 Å². The fourth-order valence-electron chi connectivity index (χ4n) is 4.10. The maximum Gasteiger partial charge on any atom is 0.274 e. The first-order chi connectivity index (χ1) is 16.1. The second kappa shape index (κ2) is 8.67. The van der Waals surface area contributed by atoms with Crippen LogP contribution < -0.4 is 10.6 Å². The van der Waals surface area contributed by atoms with Crippen LogP contribution in [0.1, 0.15) is 34.1 Å². The van der Waals surface area contributed by atoms with Gasteiger partial charge in [-0.15, -0.1) is 0 Å². The minimum atomic E-state index is -0.237. The number of hydrogen-bond acceptors (Lipinski definition) is 4. The van der Waals surface area contributed by atoms with E-state index in [4.69, 9.17) is 0 Å². The molecule has 0 unspecified atom stereocenters. The number of nitrogens with one attached hydrogen (secondary N) is 2. The lowest BCUT2D eigenvalue weighted by Gasteiger charge is -2.14. The Morgan fingerprint density at radius 3 is 2.64 bits per heavy atom. The predicted octanol–water partition coefficient (Wildman–Crippen LogP) is 4.84. The summed E-state index contributed by atoms with van der Waals surface area (Å²) in [7, 11) is 0. The number of carbonyl (C=O) groups excluding carboxylic acids is 2. The van der Waals surface area contributed by atoms with Crippen LogP contribution in [0.5, 0.6) is 0 Å². The molecule has 162 valence electrons. The van der Waals surface area contributed by atoms with Gasteiger partial charge in [0.05, 0.1) is 11.4 Å². The Labute approximate surface area is 191 Å². The zero-order valence-corrected chi connectivity index (χ0v) is 18.1. The van der Waals surface area contributed by atoms with E-state index in [1.165, 1.54) is 0 Å². The number of aliphatic imine (C=N–C) groups is 1. The Bertz CT molecular complexity index is 1410. The first-order valence-corrected chi connectivity index (χ1v) is 10.9. The maximum absolute atomic E-state index is 12.7. The van der Waals surface area contributed by atoms with Crippen LogP contribution in [-0.4, -0.2) is 29.1 Å². The molecule has 0 spiro atoms. The molecule has 5 rings (SSSR count). The van der Waals surface area contributed by atoms with Gasteiger partial charge in [-0.3, -0.25) is 19.6 Å². The van der Waals surface area contributed by atoms with E-state index in [2.05, 4.69) is 20.6 Å². The lowest BCUT2D eigenvalue weighted by Crippen LogP contribution is -2.16. The minimum absolute atomic E-state index is 0.0519. The van der Waals surface area contributed by atoms with Crippen LogP contribution in [0.3, 0.4) is 0 Å². The van der Waals surface area contributed by atoms with E-state index in [1.54, 1.807) is 6.20 Å². The van der Waals surface area contributed by atoms with Crippen LogP contribution in [0.25, 0.3) is 10.8 Å². The lowest BCUT2D eigenvalue weighted by atomic mass is 9.96. The largest absolute Gasteiger partial charge is 0.323 e. The summed E-state index contributed by atoms with van der Waals surface area (Å²) in [6.45, 7) is 2.05. The molecule has 1 aromatic heterocycles. The molecular formula is C27H22N4O2. The number of pyridine rings is 1.